The van der Waals surface area contributed by atoms with E-state index in [-0.39, 0.29) is 39.2 Å². The molecule has 1 N–H and O–H groups in total. The summed E-state index contributed by atoms with van der Waals surface area (Å²) in [5, 5.41) is 14.1. The van der Waals surface area contributed by atoms with Crippen LogP contribution in [0.5, 0.6) is 5.75 Å². The Morgan fingerprint density at radius 1 is 1.14 bits per heavy atom. The quantitative estimate of drug-likeness (QED) is 0.333. The molecule has 0 bridgehead atoms. The van der Waals surface area contributed by atoms with Gasteiger partial charge in [-0.25, -0.2) is 12.8 Å². The van der Waals surface area contributed by atoms with Crippen LogP contribution in [0.4, 0.5) is 15.8 Å². The number of ether oxygens (including phenoxy) is 1. The van der Waals surface area contributed by atoms with Crippen molar-refractivity contribution >= 4 is 38.9 Å². The van der Waals surface area contributed by atoms with Gasteiger partial charge >= 0.3 is 0 Å². The van der Waals surface area contributed by atoms with Crippen molar-refractivity contribution in [1.82, 2.24) is 5.32 Å². The molecule has 0 aliphatic heterocycles. The molecular weight excluding hydrogens is 501 g/mol. The second kappa shape index (κ2) is 10.7. The highest BCUT2D eigenvalue weighted by Gasteiger charge is 2.31. The molecule has 184 valence electrons. The van der Waals surface area contributed by atoms with E-state index in [9.17, 15) is 27.7 Å². The van der Waals surface area contributed by atoms with Crippen molar-refractivity contribution in [3.63, 3.8) is 0 Å². The van der Waals surface area contributed by atoms with Crippen molar-refractivity contribution in [1.29, 1.82) is 0 Å². The number of carbonyl (C=O) groups is 1. The number of hydrogen-bond donors (Lipinski definition) is 1. The first-order valence-corrected chi connectivity index (χ1v) is 12.0. The number of anilines is 1. The summed E-state index contributed by atoms with van der Waals surface area (Å²) in [4.78, 5) is 23.1. The molecule has 0 spiro atoms. The van der Waals surface area contributed by atoms with Gasteiger partial charge in [-0.1, -0.05) is 29.8 Å². The molecule has 0 heterocycles. The first-order chi connectivity index (χ1) is 16.5. The van der Waals surface area contributed by atoms with Crippen molar-refractivity contribution in [3.8, 4) is 5.75 Å². The van der Waals surface area contributed by atoms with E-state index in [1.165, 1.54) is 68.6 Å². The number of nitro benzene ring substituents is 1. The van der Waals surface area contributed by atoms with Crippen LogP contribution in [0.25, 0.3) is 0 Å². The lowest BCUT2D eigenvalue weighted by Crippen LogP contribution is -2.41. The Morgan fingerprint density at radius 2 is 1.83 bits per heavy atom. The number of amides is 1. The molecule has 0 fully saturated rings. The van der Waals surface area contributed by atoms with Gasteiger partial charge in [-0.3, -0.25) is 19.2 Å². The number of nitro groups is 1. The largest absolute Gasteiger partial charge is 0.495 e. The minimum atomic E-state index is -4.48. The molecule has 0 aromatic heterocycles. The first-order valence-electron chi connectivity index (χ1n) is 10.2. The molecule has 0 aliphatic rings. The van der Waals surface area contributed by atoms with Crippen LogP contribution < -0.4 is 14.4 Å². The van der Waals surface area contributed by atoms with Crippen LogP contribution in [0.1, 0.15) is 11.1 Å². The number of benzene rings is 3. The van der Waals surface area contributed by atoms with Gasteiger partial charge in [-0.15, -0.1) is 0 Å². The fourth-order valence-corrected chi connectivity index (χ4v) is 4.83. The Hall–Kier alpha value is -3.70. The standard InChI is InChI=1S/C23H21ClFN3O6S/c1-15-3-9-19(12-20(15)28(30)31)35(32,33)27(21-11-17(24)6-10-22(21)34-2)14-23(29)26-13-16-4-7-18(25)8-5-16/h3-12H,13-14H2,1-2H3,(H,26,29). The van der Waals surface area contributed by atoms with E-state index < -0.39 is 33.2 Å². The zero-order valence-corrected chi connectivity index (χ0v) is 20.3. The second-order valence-electron chi connectivity index (χ2n) is 7.44. The molecule has 3 aromatic rings. The molecule has 0 atom stereocenters. The minimum Gasteiger partial charge on any atom is -0.495 e. The lowest BCUT2D eigenvalue weighted by atomic mass is 10.2. The van der Waals surface area contributed by atoms with E-state index in [1.54, 1.807) is 0 Å². The van der Waals surface area contributed by atoms with Gasteiger partial charge in [0, 0.05) is 23.2 Å². The molecule has 0 unspecified atom stereocenters. The number of aryl methyl sites for hydroxylation is 1. The van der Waals surface area contributed by atoms with Crippen LogP contribution in [0.3, 0.4) is 0 Å². The molecule has 3 rings (SSSR count). The molecule has 12 heteroatoms. The fraction of sp³-hybridized carbons (Fsp3) is 0.174. The van der Waals surface area contributed by atoms with Crippen LogP contribution >= 0.6 is 11.6 Å². The Kier molecular flexibility index (Phi) is 7.92. The number of hydrogen-bond acceptors (Lipinski definition) is 6. The molecule has 0 radical (unpaired) electrons. The number of carbonyl (C=O) groups excluding carboxylic acids is 1. The van der Waals surface area contributed by atoms with E-state index in [2.05, 4.69) is 5.32 Å². The Morgan fingerprint density at radius 3 is 2.46 bits per heavy atom. The van der Waals surface area contributed by atoms with Gasteiger partial charge in [0.2, 0.25) is 5.91 Å². The van der Waals surface area contributed by atoms with Crippen LogP contribution in [-0.4, -0.2) is 32.9 Å². The summed E-state index contributed by atoms with van der Waals surface area (Å²) in [7, 11) is -3.16. The SMILES string of the molecule is COc1ccc(Cl)cc1N(CC(=O)NCc1ccc(F)cc1)S(=O)(=O)c1ccc(C)c([N+](=O)[O-])c1. The molecule has 35 heavy (non-hydrogen) atoms. The average molecular weight is 522 g/mol. The number of sulfonamides is 1. The third kappa shape index (κ3) is 6.06. The second-order valence-corrected chi connectivity index (χ2v) is 9.74. The topological polar surface area (TPSA) is 119 Å². The summed E-state index contributed by atoms with van der Waals surface area (Å²) < 4.78 is 46.4. The number of methoxy groups -OCH3 is 1. The molecule has 3 aromatic carbocycles. The maximum atomic E-state index is 13.6. The van der Waals surface area contributed by atoms with Crippen molar-refractivity contribution in [2.45, 2.75) is 18.4 Å². The van der Waals surface area contributed by atoms with E-state index in [1.807, 2.05) is 0 Å². The van der Waals surface area contributed by atoms with E-state index in [0.29, 0.717) is 5.56 Å². The third-order valence-electron chi connectivity index (χ3n) is 5.07. The summed E-state index contributed by atoms with van der Waals surface area (Å²) in [5.41, 5.74) is 0.464. The molecule has 9 nitrogen and oxygen atoms in total. The van der Waals surface area contributed by atoms with Gasteiger partial charge in [-0.2, -0.15) is 0 Å². The average Bonchev–Trinajstić information content (AvgIpc) is 2.82. The van der Waals surface area contributed by atoms with E-state index in [4.69, 9.17) is 16.3 Å². The summed E-state index contributed by atoms with van der Waals surface area (Å²) in [5.74, 6) is -0.995. The lowest BCUT2D eigenvalue weighted by Gasteiger charge is -2.26. The third-order valence-corrected chi connectivity index (χ3v) is 7.06. The maximum Gasteiger partial charge on any atom is 0.273 e. The van der Waals surface area contributed by atoms with Crippen LogP contribution in [0.15, 0.2) is 65.6 Å². The molecular formula is C23H21ClFN3O6S. The van der Waals surface area contributed by atoms with Crippen molar-refractivity contribution in [2.75, 3.05) is 18.0 Å². The van der Waals surface area contributed by atoms with Crippen LogP contribution in [-0.2, 0) is 21.4 Å². The normalized spacial score (nSPS) is 11.1. The maximum absolute atomic E-state index is 13.6. The van der Waals surface area contributed by atoms with E-state index >= 15 is 0 Å². The predicted octanol–water partition coefficient (Wildman–Crippen LogP) is 4.22. The van der Waals surface area contributed by atoms with Crippen LogP contribution in [0, 0.1) is 22.9 Å². The highest BCUT2D eigenvalue weighted by Crippen LogP contribution is 2.35. The summed E-state index contributed by atoms with van der Waals surface area (Å²) >= 11 is 6.09. The minimum absolute atomic E-state index is 0.0235. The van der Waals surface area contributed by atoms with Crippen LogP contribution in [0.2, 0.25) is 5.02 Å². The number of nitrogens with zero attached hydrogens (tertiary/aromatic N) is 2. The van der Waals surface area contributed by atoms with Gasteiger partial charge in [0.15, 0.2) is 0 Å². The number of nitrogens with one attached hydrogen (secondary N) is 1. The number of rotatable bonds is 9. The number of halogens is 2. The van der Waals surface area contributed by atoms with Gasteiger partial charge in [-0.05, 0) is 48.9 Å². The highest BCUT2D eigenvalue weighted by atomic mass is 35.5. The summed E-state index contributed by atoms with van der Waals surface area (Å²) in [6, 6.07) is 13.1. The first kappa shape index (κ1) is 25.9. The zero-order chi connectivity index (χ0) is 25.8. The summed E-state index contributed by atoms with van der Waals surface area (Å²) in [6.07, 6.45) is 0. The van der Waals surface area contributed by atoms with Gasteiger partial charge in [0.05, 0.1) is 22.6 Å². The van der Waals surface area contributed by atoms with Gasteiger partial charge in [0.1, 0.15) is 18.1 Å². The molecule has 0 saturated carbocycles. The molecule has 1 amide bonds. The lowest BCUT2D eigenvalue weighted by molar-refractivity contribution is -0.385. The Labute approximate surface area is 206 Å². The highest BCUT2D eigenvalue weighted by molar-refractivity contribution is 7.92. The van der Waals surface area contributed by atoms with Gasteiger partial charge < -0.3 is 10.1 Å². The van der Waals surface area contributed by atoms with Crippen molar-refractivity contribution < 1.29 is 27.3 Å². The summed E-state index contributed by atoms with van der Waals surface area (Å²) in [6.45, 7) is 0.826. The van der Waals surface area contributed by atoms with Crippen molar-refractivity contribution in [3.05, 3.63) is 92.7 Å². The monoisotopic (exact) mass is 521 g/mol. The van der Waals surface area contributed by atoms with E-state index in [0.717, 1.165) is 10.4 Å². The molecule has 0 saturated heterocycles. The Balaban J connectivity index is 2.01. The zero-order valence-electron chi connectivity index (χ0n) is 18.7. The predicted molar refractivity (Wildman–Crippen MR) is 129 cm³/mol. The van der Waals surface area contributed by atoms with Gasteiger partial charge in [0.25, 0.3) is 15.7 Å². The fourth-order valence-electron chi connectivity index (χ4n) is 3.22. The molecule has 0 aliphatic carbocycles. The smallest absolute Gasteiger partial charge is 0.273 e. The van der Waals surface area contributed by atoms with Crippen molar-refractivity contribution in [2.24, 2.45) is 0 Å². The Bertz CT molecular complexity index is 1370.